The second-order valence-electron chi connectivity index (χ2n) is 6.30. The number of hydrogen-bond donors (Lipinski definition) is 2. The zero-order valence-electron chi connectivity index (χ0n) is 11.9. The van der Waals surface area contributed by atoms with Crippen molar-refractivity contribution in [2.75, 3.05) is 45.9 Å². The van der Waals surface area contributed by atoms with E-state index in [-0.39, 0.29) is 12.1 Å². The second kappa shape index (κ2) is 6.17. The fourth-order valence-electron chi connectivity index (χ4n) is 2.71. The van der Waals surface area contributed by atoms with E-state index in [1.54, 1.807) is 0 Å². The molecule has 4 nitrogen and oxygen atoms in total. The summed E-state index contributed by atoms with van der Waals surface area (Å²) in [5.74, 6) is 0. The van der Waals surface area contributed by atoms with Crippen molar-refractivity contribution in [3.63, 3.8) is 0 Å². The molecule has 2 rings (SSSR count). The van der Waals surface area contributed by atoms with Crippen LogP contribution in [0.25, 0.3) is 0 Å². The lowest BCUT2D eigenvalue weighted by Crippen LogP contribution is -2.58. The van der Waals surface area contributed by atoms with E-state index in [1.165, 1.54) is 4.90 Å². The quantitative estimate of drug-likeness (QED) is 0.755. The van der Waals surface area contributed by atoms with Gasteiger partial charge in [-0.15, -0.1) is 0 Å². The van der Waals surface area contributed by atoms with E-state index in [0.717, 1.165) is 12.8 Å². The molecule has 1 atom stereocenters. The highest BCUT2D eigenvalue weighted by atomic mass is 19.4. The number of rotatable bonds is 6. The number of aliphatic hydroxyl groups excluding tert-OH is 1. The predicted molar refractivity (Wildman–Crippen MR) is 70.6 cm³/mol. The number of halogens is 3. The smallest absolute Gasteiger partial charge is 0.394 e. The minimum Gasteiger partial charge on any atom is -0.394 e. The van der Waals surface area contributed by atoms with Crippen molar-refractivity contribution >= 4 is 0 Å². The van der Waals surface area contributed by atoms with Gasteiger partial charge in [0.25, 0.3) is 0 Å². The Morgan fingerprint density at radius 3 is 1.95 bits per heavy atom. The summed E-state index contributed by atoms with van der Waals surface area (Å²) in [5, 5.41) is 13.0. The monoisotopic (exact) mass is 295 g/mol. The number of nitrogens with one attached hydrogen (secondary N) is 1. The highest BCUT2D eigenvalue weighted by Gasteiger charge is 2.36. The molecular formula is C13H24F3N3O. The molecule has 0 spiro atoms. The molecule has 0 radical (unpaired) electrons. The molecule has 1 unspecified atom stereocenters. The summed E-state index contributed by atoms with van der Waals surface area (Å²) in [6.07, 6.45) is -1.82. The van der Waals surface area contributed by atoms with E-state index >= 15 is 0 Å². The Morgan fingerprint density at radius 1 is 1.05 bits per heavy atom. The Morgan fingerprint density at radius 2 is 1.55 bits per heavy atom. The molecule has 20 heavy (non-hydrogen) atoms. The molecule has 7 heteroatoms. The standard InChI is InChI=1S/C13H24F3N3O/c1-12(10-20,17-11-2-3-11)8-18-4-6-19(7-5-18)9-13(14,15)16/h11,17,20H,2-10H2,1H3. The molecule has 0 bridgehead atoms. The van der Waals surface area contributed by atoms with Gasteiger partial charge in [-0.2, -0.15) is 13.2 Å². The molecular weight excluding hydrogens is 271 g/mol. The van der Waals surface area contributed by atoms with Gasteiger partial charge in [-0.3, -0.25) is 9.80 Å². The van der Waals surface area contributed by atoms with Crippen molar-refractivity contribution in [1.82, 2.24) is 15.1 Å². The van der Waals surface area contributed by atoms with Gasteiger partial charge in [0.1, 0.15) is 0 Å². The maximum atomic E-state index is 12.3. The molecule has 2 fully saturated rings. The summed E-state index contributed by atoms with van der Waals surface area (Å²) < 4.78 is 36.9. The van der Waals surface area contributed by atoms with Gasteiger partial charge in [-0.25, -0.2) is 0 Å². The summed E-state index contributed by atoms with van der Waals surface area (Å²) in [6.45, 7) is 4.00. The average Bonchev–Trinajstić information content (AvgIpc) is 3.14. The van der Waals surface area contributed by atoms with E-state index < -0.39 is 12.7 Å². The number of alkyl halides is 3. The van der Waals surface area contributed by atoms with Crippen LogP contribution in [0, 0.1) is 0 Å². The van der Waals surface area contributed by atoms with Crippen LogP contribution in [0.3, 0.4) is 0 Å². The summed E-state index contributed by atoms with van der Waals surface area (Å²) in [4.78, 5) is 3.58. The van der Waals surface area contributed by atoms with Gasteiger partial charge in [0, 0.05) is 38.8 Å². The van der Waals surface area contributed by atoms with Crippen LogP contribution in [0.2, 0.25) is 0 Å². The SMILES string of the molecule is CC(CO)(CN1CCN(CC(F)(F)F)CC1)NC1CC1. The third-order valence-corrected chi connectivity index (χ3v) is 3.92. The van der Waals surface area contributed by atoms with E-state index in [1.807, 2.05) is 6.92 Å². The van der Waals surface area contributed by atoms with Gasteiger partial charge in [0.15, 0.2) is 0 Å². The number of piperazine rings is 1. The molecule has 1 heterocycles. The zero-order valence-corrected chi connectivity index (χ0v) is 11.9. The van der Waals surface area contributed by atoms with Crippen LogP contribution < -0.4 is 5.32 Å². The summed E-state index contributed by atoms with van der Waals surface area (Å²) in [5.41, 5.74) is -0.354. The van der Waals surface area contributed by atoms with Gasteiger partial charge in [-0.05, 0) is 19.8 Å². The predicted octanol–water partition coefficient (Wildman–Crippen LogP) is 0.669. The Hall–Kier alpha value is -0.370. The maximum Gasteiger partial charge on any atom is 0.401 e. The van der Waals surface area contributed by atoms with E-state index in [9.17, 15) is 18.3 Å². The Kier molecular flexibility index (Phi) is 4.94. The third-order valence-electron chi connectivity index (χ3n) is 3.92. The zero-order chi connectivity index (χ0) is 14.8. The molecule has 1 saturated heterocycles. The number of aliphatic hydroxyl groups is 1. The first-order valence-electron chi connectivity index (χ1n) is 7.20. The first kappa shape index (κ1) is 16.0. The molecule has 2 N–H and O–H groups in total. The summed E-state index contributed by atoms with van der Waals surface area (Å²) in [7, 11) is 0. The molecule has 0 amide bonds. The molecule has 1 aliphatic carbocycles. The van der Waals surface area contributed by atoms with E-state index in [4.69, 9.17) is 0 Å². The lowest BCUT2D eigenvalue weighted by Gasteiger charge is -2.40. The van der Waals surface area contributed by atoms with Crippen molar-refractivity contribution in [1.29, 1.82) is 0 Å². The lowest BCUT2D eigenvalue weighted by atomic mass is 10.0. The fraction of sp³-hybridized carbons (Fsp3) is 1.00. The molecule has 0 aromatic carbocycles. The van der Waals surface area contributed by atoms with Gasteiger partial charge in [0.05, 0.1) is 18.7 Å². The van der Waals surface area contributed by atoms with Gasteiger partial charge < -0.3 is 10.4 Å². The van der Waals surface area contributed by atoms with Crippen molar-refractivity contribution < 1.29 is 18.3 Å². The Balaban J connectivity index is 1.75. The molecule has 0 aromatic rings. The van der Waals surface area contributed by atoms with Crippen LogP contribution in [-0.2, 0) is 0 Å². The molecule has 0 aromatic heterocycles. The van der Waals surface area contributed by atoms with Crippen molar-refractivity contribution in [2.24, 2.45) is 0 Å². The first-order valence-corrected chi connectivity index (χ1v) is 7.20. The van der Waals surface area contributed by atoms with Crippen LogP contribution in [-0.4, -0.2) is 78.5 Å². The van der Waals surface area contributed by atoms with Crippen molar-refractivity contribution in [3.05, 3.63) is 0 Å². The second-order valence-corrected chi connectivity index (χ2v) is 6.30. The van der Waals surface area contributed by atoms with E-state index in [2.05, 4.69) is 10.2 Å². The summed E-state index contributed by atoms with van der Waals surface area (Å²) >= 11 is 0. The van der Waals surface area contributed by atoms with Gasteiger partial charge in [-0.1, -0.05) is 0 Å². The lowest BCUT2D eigenvalue weighted by molar-refractivity contribution is -0.149. The highest BCUT2D eigenvalue weighted by Crippen LogP contribution is 2.23. The van der Waals surface area contributed by atoms with Crippen LogP contribution in [0.5, 0.6) is 0 Å². The molecule has 2 aliphatic rings. The van der Waals surface area contributed by atoms with Crippen LogP contribution in [0.1, 0.15) is 19.8 Å². The van der Waals surface area contributed by atoms with Crippen LogP contribution >= 0.6 is 0 Å². The number of nitrogens with zero attached hydrogens (tertiary/aromatic N) is 2. The van der Waals surface area contributed by atoms with Crippen molar-refractivity contribution in [3.8, 4) is 0 Å². The van der Waals surface area contributed by atoms with Crippen molar-refractivity contribution in [2.45, 2.75) is 37.5 Å². The molecule has 1 saturated carbocycles. The Labute approximate surface area is 117 Å². The summed E-state index contributed by atoms with van der Waals surface area (Å²) in [6, 6.07) is 0.499. The minimum absolute atomic E-state index is 0.0479. The largest absolute Gasteiger partial charge is 0.401 e. The molecule has 1 aliphatic heterocycles. The van der Waals surface area contributed by atoms with E-state index in [0.29, 0.717) is 38.8 Å². The maximum absolute atomic E-state index is 12.3. The highest BCUT2D eigenvalue weighted by molar-refractivity contribution is 4.95. The van der Waals surface area contributed by atoms with Gasteiger partial charge in [0.2, 0.25) is 0 Å². The Bertz CT molecular complexity index is 314. The fourth-order valence-corrected chi connectivity index (χ4v) is 2.71. The normalized spacial score (nSPS) is 25.6. The van der Waals surface area contributed by atoms with Crippen LogP contribution in [0.4, 0.5) is 13.2 Å². The third kappa shape index (κ3) is 5.20. The van der Waals surface area contributed by atoms with Gasteiger partial charge >= 0.3 is 6.18 Å². The van der Waals surface area contributed by atoms with Crippen LogP contribution in [0.15, 0.2) is 0 Å². The molecule has 118 valence electrons. The minimum atomic E-state index is -4.12. The number of hydrogen-bond acceptors (Lipinski definition) is 4. The topological polar surface area (TPSA) is 38.7 Å². The average molecular weight is 295 g/mol. The first-order chi connectivity index (χ1) is 9.30.